The zero-order valence-corrected chi connectivity index (χ0v) is 11.1. The van der Waals surface area contributed by atoms with E-state index in [4.69, 9.17) is 0 Å². The highest BCUT2D eigenvalue weighted by Crippen LogP contribution is 2.38. The number of nitrogens with one attached hydrogen (secondary N) is 1. The second-order valence-corrected chi connectivity index (χ2v) is 5.02. The van der Waals surface area contributed by atoms with Gasteiger partial charge in [-0.25, -0.2) is 14.4 Å². The Morgan fingerprint density at radius 1 is 1.30 bits per heavy atom. The molecule has 0 bridgehead atoms. The zero-order chi connectivity index (χ0) is 14.1. The lowest BCUT2D eigenvalue weighted by atomic mass is 10.2. The predicted molar refractivity (Wildman–Crippen MR) is 73.1 cm³/mol. The second kappa shape index (κ2) is 5.00. The molecule has 0 aliphatic heterocycles. The van der Waals surface area contributed by atoms with E-state index in [1.54, 1.807) is 12.1 Å². The van der Waals surface area contributed by atoms with Crippen LogP contribution in [-0.4, -0.2) is 15.9 Å². The maximum Gasteiger partial charge on any atom is 0.274 e. The minimum Gasteiger partial charge on any atom is -0.320 e. The summed E-state index contributed by atoms with van der Waals surface area (Å²) in [6.45, 7) is 1.81. The molecule has 0 unspecified atom stereocenters. The third-order valence-electron chi connectivity index (χ3n) is 3.36. The Labute approximate surface area is 116 Å². The van der Waals surface area contributed by atoms with Gasteiger partial charge in [0.15, 0.2) is 0 Å². The Hall–Kier alpha value is -2.30. The van der Waals surface area contributed by atoms with Gasteiger partial charge in [0.25, 0.3) is 5.91 Å². The smallest absolute Gasteiger partial charge is 0.274 e. The maximum atomic E-state index is 13.2. The Bertz CT molecular complexity index is 668. The topological polar surface area (TPSA) is 54.9 Å². The minimum atomic E-state index is -0.382. The van der Waals surface area contributed by atoms with Gasteiger partial charge in [-0.2, -0.15) is 0 Å². The van der Waals surface area contributed by atoms with Crippen molar-refractivity contribution in [2.45, 2.75) is 25.7 Å². The Kier molecular flexibility index (Phi) is 3.18. The fourth-order valence-corrected chi connectivity index (χ4v) is 2.01. The zero-order valence-electron chi connectivity index (χ0n) is 11.1. The molecule has 1 aromatic carbocycles. The van der Waals surface area contributed by atoms with Crippen LogP contribution in [-0.2, 0) is 0 Å². The van der Waals surface area contributed by atoms with E-state index in [1.807, 2.05) is 6.92 Å². The summed E-state index contributed by atoms with van der Waals surface area (Å²) in [7, 11) is 0. The van der Waals surface area contributed by atoms with Crippen LogP contribution >= 0.6 is 0 Å². The van der Waals surface area contributed by atoms with Gasteiger partial charge in [0.05, 0.1) is 0 Å². The molecule has 1 aliphatic rings. The van der Waals surface area contributed by atoms with Gasteiger partial charge < -0.3 is 5.32 Å². The van der Waals surface area contributed by atoms with Crippen molar-refractivity contribution < 1.29 is 9.18 Å². The summed E-state index contributed by atoms with van der Waals surface area (Å²) in [6.07, 6.45) is 3.63. The number of hydrogen-bond acceptors (Lipinski definition) is 3. The van der Waals surface area contributed by atoms with Crippen molar-refractivity contribution in [1.29, 1.82) is 0 Å². The number of anilines is 1. The van der Waals surface area contributed by atoms with Crippen LogP contribution in [0.5, 0.6) is 0 Å². The van der Waals surface area contributed by atoms with Crippen LogP contribution in [0, 0.1) is 12.7 Å². The van der Waals surface area contributed by atoms with Gasteiger partial charge in [-0.15, -0.1) is 0 Å². The summed E-state index contributed by atoms with van der Waals surface area (Å²) in [5.41, 5.74) is 2.48. The van der Waals surface area contributed by atoms with Crippen molar-refractivity contribution in [1.82, 2.24) is 9.97 Å². The summed E-state index contributed by atoms with van der Waals surface area (Å²) < 4.78 is 13.2. The molecule has 102 valence electrons. The number of amides is 1. The average Bonchev–Trinajstić information content (AvgIpc) is 3.27. The molecule has 1 saturated carbocycles. The maximum absolute atomic E-state index is 13.2. The Morgan fingerprint density at radius 3 is 2.85 bits per heavy atom. The summed E-state index contributed by atoms with van der Waals surface area (Å²) >= 11 is 0. The van der Waals surface area contributed by atoms with Gasteiger partial charge in [-0.05, 0) is 43.5 Å². The number of carbonyl (C=O) groups excluding carboxylic acids is 1. The van der Waals surface area contributed by atoms with Crippen LogP contribution in [0.2, 0.25) is 0 Å². The average molecular weight is 271 g/mol. The minimum absolute atomic E-state index is 0.311. The van der Waals surface area contributed by atoms with Crippen molar-refractivity contribution in [3.05, 3.63) is 53.4 Å². The van der Waals surface area contributed by atoms with E-state index in [0.29, 0.717) is 17.3 Å². The fourth-order valence-electron chi connectivity index (χ4n) is 2.01. The van der Waals surface area contributed by atoms with Crippen LogP contribution in [0.15, 0.2) is 30.6 Å². The number of halogens is 1. The second-order valence-electron chi connectivity index (χ2n) is 5.02. The van der Waals surface area contributed by atoms with E-state index in [9.17, 15) is 9.18 Å². The molecule has 0 spiro atoms. The number of aromatic nitrogens is 2. The molecular formula is C15H14FN3O. The highest BCUT2D eigenvalue weighted by Gasteiger charge is 2.26. The first-order valence-corrected chi connectivity index (χ1v) is 6.53. The molecule has 5 heteroatoms. The van der Waals surface area contributed by atoms with E-state index >= 15 is 0 Å². The molecule has 0 radical (unpaired) electrons. The monoisotopic (exact) mass is 271 g/mol. The van der Waals surface area contributed by atoms with Crippen molar-refractivity contribution in [3.8, 4) is 0 Å². The van der Waals surface area contributed by atoms with Crippen molar-refractivity contribution in [3.63, 3.8) is 0 Å². The summed E-state index contributed by atoms with van der Waals surface area (Å²) in [6, 6.07) is 6.00. The van der Waals surface area contributed by atoms with Gasteiger partial charge in [-0.3, -0.25) is 4.79 Å². The van der Waals surface area contributed by atoms with Crippen molar-refractivity contribution >= 4 is 11.6 Å². The number of aryl methyl sites for hydroxylation is 1. The number of rotatable bonds is 3. The van der Waals surface area contributed by atoms with E-state index in [1.165, 1.54) is 18.5 Å². The SMILES string of the molecule is Cc1ccc(F)cc1NC(=O)c1cc(C2CC2)ncn1. The molecule has 1 fully saturated rings. The number of nitrogens with zero attached hydrogens (tertiary/aromatic N) is 2. The van der Waals surface area contributed by atoms with Crippen LogP contribution in [0.1, 0.15) is 40.5 Å². The number of hydrogen-bond donors (Lipinski definition) is 1. The molecule has 0 saturated heterocycles. The van der Waals surface area contributed by atoms with E-state index in [0.717, 1.165) is 24.1 Å². The first-order valence-electron chi connectivity index (χ1n) is 6.53. The van der Waals surface area contributed by atoms with Crippen molar-refractivity contribution in [2.24, 2.45) is 0 Å². The van der Waals surface area contributed by atoms with Crippen LogP contribution < -0.4 is 5.32 Å². The van der Waals surface area contributed by atoms with E-state index < -0.39 is 0 Å². The normalized spacial score (nSPS) is 14.1. The molecule has 4 nitrogen and oxygen atoms in total. The highest BCUT2D eigenvalue weighted by atomic mass is 19.1. The molecular weight excluding hydrogens is 257 g/mol. The molecule has 1 aliphatic carbocycles. The first kappa shape index (κ1) is 12.7. The number of carbonyl (C=O) groups is 1. The lowest BCUT2D eigenvalue weighted by Gasteiger charge is -2.08. The summed E-state index contributed by atoms with van der Waals surface area (Å²) in [4.78, 5) is 20.3. The van der Waals surface area contributed by atoms with Gasteiger partial charge in [0.1, 0.15) is 17.8 Å². The van der Waals surface area contributed by atoms with Gasteiger partial charge in [0.2, 0.25) is 0 Å². The Morgan fingerprint density at radius 2 is 2.10 bits per heavy atom. The summed E-state index contributed by atoms with van der Waals surface area (Å²) in [5, 5.41) is 2.68. The molecule has 3 rings (SSSR count). The van der Waals surface area contributed by atoms with Crippen LogP contribution in [0.4, 0.5) is 10.1 Å². The quantitative estimate of drug-likeness (QED) is 0.933. The first-order chi connectivity index (χ1) is 9.63. The largest absolute Gasteiger partial charge is 0.320 e. The molecule has 1 aromatic heterocycles. The van der Waals surface area contributed by atoms with E-state index in [2.05, 4.69) is 15.3 Å². The third-order valence-corrected chi connectivity index (χ3v) is 3.36. The van der Waals surface area contributed by atoms with E-state index in [-0.39, 0.29) is 11.7 Å². The molecule has 1 heterocycles. The predicted octanol–water partition coefficient (Wildman–Crippen LogP) is 3.05. The lowest BCUT2D eigenvalue weighted by Crippen LogP contribution is -2.15. The third kappa shape index (κ3) is 2.66. The van der Waals surface area contributed by atoms with Gasteiger partial charge in [0, 0.05) is 17.3 Å². The van der Waals surface area contributed by atoms with Gasteiger partial charge in [-0.1, -0.05) is 6.07 Å². The molecule has 0 atom stereocenters. The standard InChI is InChI=1S/C15H14FN3O/c1-9-2-5-11(16)6-12(9)19-15(20)14-7-13(10-3-4-10)17-8-18-14/h2,5-8,10H,3-4H2,1H3,(H,19,20). The lowest BCUT2D eigenvalue weighted by molar-refractivity contribution is 0.102. The van der Waals surface area contributed by atoms with Crippen LogP contribution in [0.25, 0.3) is 0 Å². The molecule has 1 amide bonds. The van der Waals surface area contributed by atoms with Gasteiger partial charge >= 0.3 is 0 Å². The molecule has 20 heavy (non-hydrogen) atoms. The van der Waals surface area contributed by atoms with Crippen LogP contribution in [0.3, 0.4) is 0 Å². The molecule has 2 aromatic rings. The number of benzene rings is 1. The molecule has 1 N–H and O–H groups in total. The summed E-state index contributed by atoms with van der Waals surface area (Å²) in [5.74, 6) is -0.268. The highest BCUT2D eigenvalue weighted by molar-refractivity contribution is 6.03. The van der Waals surface area contributed by atoms with Crippen molar-refractivity contribution in [2.75, 3.05) is 5.32 Å². The fraction of sp³-hybridized carbons (Fsp3) is 0.267. The Balaban J connectivity index is 1.82.